The fraction of sp³-hybridized carbons (Fsp3) is 0.262. The SMILES string of the molecule is O=C(NCCOCCOCCOCCOC(c1ccccc1)(c1ccccc1)c1ccccc1)OCC1c2ccccc2-c2ccccc21. The quantitative estimate of drug-likeness (QED) is 0.0774. The Morgan fingerprint density at radius 1 is 0.510 bits per heavy atom. The van der Waals surface area contributed by atoms with E-state index in [1.54, 1.807) is 0 Å². The summed E-state index contributed by atoms with van der Waals surface area (Å²) in [7, 11) is 0. The van der Waals surface area contributed by atoms with Crippen LogP contribution in [0.25, 0.3) is 11.1 Å². The van der Waals surface area contributed by atoms with Gasteiger partial charge in [0.05, 0.1) is 46.2 Å². The summed E-state index contributed by atoms with van der Waals surface area (Å²) in [6, 6.07) is 47.5. The maximum absolute atomic E-state index is 12.3. The number of ether oxygens (including phenoxy) is 5. The first-order chi connectivity index (χ1) is 24.3. The molecule has 0 saturated heterocycles. The molecule has 1 aliphatic rings. The van der Waals surface area contributed by atoms with E-state index in [0.29, 0.717) is 52.8 Å². The minimum atomic E-state index is -0.763. The Morgan fingerprint density at radius 2 is 0.918 bits per heavy atom. The Morgan fingerprint density at radius 3 is 1.41 bits per heavy atom. The van der Waals surface area contributed by atoms with Crippen LogP contribution in [-0.4, -0.2) is 65.5 Å². The smallest absolute Gasteiger partial charge is 0.407 e. The lowest BCUT2D eigenvalue weighted by molar-refractivity contribution is -0.0367. The number of rotatable bonds is 18. The lowest BCUT2D eigenvalue weighted by atomic mass is 9.80. The van der Waals surface area contributed by atoms with Crippen LogP contribution in [0.1, 0.15) is 33.7 Å². The first kappa shape index (κ1) is 34.1. The van der Waals surface area contributed by atoms with Crippen LogP contribution in [-0.2, 0) is 29.3 Å². The molecule has 0 radical (unpaired) electrons. The van der Waals surface area contributed by atoms with E-state index in [-0.39, 0.29) is 12.5 Å². The van der Waals surface area contributed by atoms with Crippen LogP contribution in [0.2, 0.25) is 0 Å². The highest BCUT2D eigenvalue weighted by molar-refractivity contribution is 5.79. The molecule has 252 valence electrons. The summed E-state index contributed by atoms with van der Waals surface area (Å²) >= 11 is 0. The van der Waals surface area contributed by atoms with Gasteiger partial charge in [-0.1, -0.05) is 140 Å². The molecule has 0 atom stereocenters. The second-order valence-electron chi connectivity index (χ2n) is 11.7. The zero-order valence-corrected chi connectivity index (χ0v) is 27.7. The van der Waals surface area contributed by atoms with E-state index in [2.05, 4.69) is 66.0 Å². The summed E-state index contributed by atoms with van der Waals surface area (Å²) < 4.78 is 29.4. The van der Waals surface area contributed by atoms with Crippen LogP contribution < -0.4 is 5.32 Å². The van der Waals surface area contributed by atoms with Gasteiger partial charge in [0.2, 0.25) is 0 Å². The molecule has 7 heteroatoms. The highest BCUT2D eigenvalue weighted by atomic mass is 16.6. The first-order valence-electron chi connectivity index (χ1n) is 16.9. The lowest BCUT2D eigenvalue weighted by Gasteiger charge is -2.36. The second-order valence-corrected chi connectivity index (χ2v) is 11.7. The maximum atomic E-state index is 12.3. The average Bonchev–Trinajstić information content (AvgIpc) is 3.49. The minimum Gasteiger partial charge on any atom is -0.449 e. The molecule has 0 saturated carbocycles. The third-order valence-corrected chi connectivity index (χ3v) is 8.69. The number of benzene rings is 5. The van der Waals surface area contributed by atoms with Crippen molar-refractivity contribution in [3.05, 3.63) is 167 Å². The van der Waals surface area contributed by atoms with Crippen LogP contribution in [0.4, 0.5) is 4.79 Å². The van der Waals surface area contributed by atoms with Crippen LogP contribution >= 0.6 is 0 Å². The van der Waals surface area contributed by atoms with Gasteiger partial charge in [-0.25, -0.2) is 4.79 Å². The van der Waals surface area contributed by atoms with Gasteiger partial charge < -0.3 is 29.0 Å². The molecule has 1 N–H and O–H groups in total. The van der Waals surface area contributed by atoms with E-state index in [0.717, 1.165) is 16.7 Å². The largest absolute Gasteiger partial charge is 0.449 e. The Bertz CT molecular complexity index is 1590. The highest BCUT2D eigenvalue weighted by Gasteiger charge is 2.37. The Balaban J connectivity index is 0.847. The Hall–Kier alpha value is -4.79. The van der Waals surface area contributed by atoms with Gasteiger partial charge in [-0.05, 0) is 38.9 Å². The number of nitrogens with one attached hydrogen (secondary N) is 1. The molecular formula is C42H43NO6. The highest BCUT2D eigenvalue weighted by Crippen LogP contribution is 2.44. The second kappa shape index (κ2) is 17.6. The monoisotopic (exact) mass is 657 g/mol. The molecule has 0 bridgehead atoms. The molecule has 49 heavy (non-hydrogen) atoms. The standard InChI is InChI=1S/C42H43NO6/c44-41(48-32-40-38-22-12-10-20-36(38)37-21-11-13-23-39(37)40)43-24-25-45-26-27-46-28-29-47-30-31-49-42(33-14-4-1-5-15-33,34-16-6-2-7-17-34)35-18-8-3-9-19-35/h1-23,40H,24-32H2,(H,43,44). The van der Waals surface area contributed by atoms with Gasteiger partial charge in [0.1, 0.15) is 12.2 Å². The zero-order valence-electron chi connectivity index (χ0n) is 27.7. The van der Waals surface area contributed by atoms with E-state index in [4.69, 9.17) is 23.7 Å². The van der Waals surface area contributed by atoms with Crippen molar-refractivity contribution in [1.82, 2.24) is 5.32 Å². The third-order valence-electron chi connectivity index (χ3n) is 8.69. The van der Waals surface area contributed by atoms with E-state index in [9.17, 15) is 4.79 Å². The van der Waals surface area contributed by atoms with E-state index in [1.165, 1.54) is 22.3 Å². The van der Waals surface area contributed by atoms with Crippen molar-refractivity contribution >= 4 is 6.09 Å². The molecular weight excluding hydrogens is 614 g/mol. The van der Waals surface area contributed by atoms with Crippen LogP contribution in [0.15, 0.2) is 140 Å². The molecule has 6 rings (SSSR count). The van der Waals surface area contributed by atoms with E-state index in [1.807, 2.05) is 78.9 Å². The van der Waals surface area contributed by atoms with Crippen molar-refractivity contribution in [3.63, 3.8) is 0 Å². The van der Waals surface area contributed by atoms with Gasteiger partial charge in [-0.2, -0.15) is 0 Å². The zero-order chi connectivity index (χ0) is 33.6. The van der Waals surface area contributed by atoms with E-state index >= 15 is 0 Å². The Kier molecular flexibility index (Phi) is 12.2. The van der Waals surface area contributed by atoms with Crippen molar-refractivity contribution < 1.29 is 28.5 Å². The summed E-state index contributed by atoms with van der Waals surface area (Å²) in [5.74, 6) is 0.0366. The van der Waals surface area contributed by atoms with Crippen molar-refractivity contribution in [3.8, 4) is 11.1 Å². The molecule has 5 aromatic rings. The molecule has 1 aliphatic carbocycles. The van der Waals surface area contributed by atoms with Crippen molar-refractivity contribution in [2.45, 2.75) is 11.5 Å². The van der Waals surface area contributed by atoms with Crippen LogP contribution in [0, 0.1) is 0 Å². The van der Waals surface area contributed by atoms with Gasteiger partial charge in [0, 0.05) is 12.5 Å². The van der Waals surface area contributed by atoms with Gasteiger partial charge in [0.25, 0.3) is 0 Å². The van der Waals surface area contributed by atoms with Crippen LogP contribution in [0.5, 0.6) is 0 Å². The number of carbonyl (C=O) groups is 1. The van der Waals surface area contributed by atoms with Crippen LogP contribution in [0.3, 0.4) is 0 Å². The summed E-state index contributed by atoms with van der Waals surface area (Å²) in [6.45, 7) is 3.59. The van der Waals surface area contributed by atoms with Gasteiger partial charge >= 0.3 is 6.09 Å². The lowest BCUT2D eigenvalue weighted by Crippen LogP contribution is -2.34. The first-order valence-corrected chi connectivity index (χ1v) is 16.9. The molecule has 0 unspecified atom stereocenters. The topological polar surface area (TPSA) is 75.3 Å². The predicted molar refractivity (Wildman–Crippen MR) is 191 cm³/mol. The molecule has 5 aromatic carbocycles. The number of alkyl carbamates (subject to hydrolysis) is 1. The molecule has 0 spiro atoms. The van der Waals surface area contributed by atoms with Crippen molar-refractivity contribution in [2.24, 2.45) is 0 Å². The summed E-state index contributed by atoms with van der Waals surface area (Å²) in [4.78, 5) is 12.3. The molecule has 1 amide bonds. The predicted octanol–water partition coefficient (Wildman–Crippen LogP) is 7.58. The molecule has 0 heterocycles. The number of hydrogen-bond acceptors (Lipinski definition) is 6. The number of carbonyl (C=O) groups excluding carboxylic acids is 1. The van der Waals surface area contributed by atoms with Gasteiger partial charge in [0.15, 0.2) is 0 Å². The normalized spacial score (nSPS) is 12.3. The fourth-order valence-corrected chi connectivity index (χ4v) is 6.44. The Labute approximate surface area is 288 Å². The fourth-order valence-electron chi connectivity index (χ4n) is 6.44. The average molecular weight is 658 g/mol. The van der Waals surface area contributed by atoms with E-state index < -0.39 is 11.7 Å². The summed E-state index contributed by atoms with van der Waals surface area (Å²) in [6.07, 6.45) is -0.448. The minimum absolute atomic E-state index is 0.0366. The van der Waals surface area contributed by atoms with Gasteiger partial charge in [-0.15, -0.1) is 0 Å². The summed E-state index contributed by atoms with van der Waals surface area (Å²) in [5, 5.41) is 2.77. The van der Waals surface area contributed by atoms with Crippen molar-refractivity contribution in [1.29, 1.82) is 0 Å². The molecule has 7 nitrogen and oxygen atoms in total. The number of hydrogen-bond donors (Lipinski definition) is 1. The third kappa shape index (κ3) is 8.45. The molecule has 0 fully saturated rings. The molecule has 0 aromatic heterocycles. The van der Waals surface area contributed by atoms with Crippen molar-refractivity contribution in [2.75, 3.05) is 59.4 Å². The number of amides is 1. The molecule has 0 aliphatic heterocycles. The summed E-state index contributed by atoms with van der Waals surface area (Å²) in [5.41, 5.74) is 7.20. The number of fused-ring (bicyclic) bond motifs is 3. The maximum Gasteiger partial charge on any atom is 0.407 e. The van der Waals surface area contributed by atoms with Gasteiger partial charge in [-0.3, -0.25) is 0 Å².